The Morgan fingerprint density at radius 2 is 1.65 bits per heavy atom. The molecule has 0 amide bonds. The number of hydrogen-bond acceptors (Lipinski definition) is 2. The number of H-pyrrole nitrogens is 1. The van der Waals surface area contributed by atoms with Crippen LogP contribution in [0.3, 0.4) is 0 Å². The third-order valence-electron chi connectivity index (χ3n) is 4.10. The van der Waals surface area contributed by atoms with Crippen molar-refractivity contribution in [2.45, 2.75) is 71.1 Å². The highest BCUT2D eigenvalue weighted by Crippen LogP contribution is 2.22. The molecule has 2 rings (SSSR count). The molecule has 96 valence electrons. The molecule has 0 radical (unpaired) electrons. The van der Waals surface area contributed by atoms with Crippen molar-refractivity contribution in [2.75, 3.05) is 0 Å². The van der Waals surface area contributed by atoms with Crippen LogP contribution in [0.15, 0.2) is 0 Å². The second-order valence-electron chi connectivity index (χ2n) is 5.34. The molecule has 1 aromatic heterocycles. The van der Waals surface area contributed by atoms with Crippen molar-refractivity contribution in [1.82, 2.24) is 15.4 Å². The van der Waals surface area contributed by atoms with Crippen molar-refractivity contribution in [3.8, 4) is 0 Å². The van der Waals surface area contributed by atoms with E-state index in [2.05, 4.69) is 22.3 Å². The SMILES string of the molecule is CCC1CCCCCCCc2n[nH]nc2CC1. The largest absolute Gasteiger partial charge is 0.197 e. The van der Waals surface area contributed by atoms with E-state index in [4.69, 9.17) is 0 Å². The molecule has 1 N–H and O–H groups in total. The summed E-state index contributed by atoms with van der Waals surface area (Å²) >= 11 is 0. The van der Waals surface area contributed by atoms with Gasteiger partial charge in [-0.2, -0.15) is 15.4 Å². The van der Waals surface area contributed by atoms with Crippen LogP contribution in [0.5, 0.6) is 0 Å². The minimum Gasteiger partial charge on any atom is -0.197 e. The number of hydrogen-bond donors (Lipinski definition) is 1. The van der Waals surface area contributed by atoms with Crippen LogP contribution < -0.4 is 0 Å². The van der Waals surface area contributed by atoms with E-state index in [1.54, 1.807) is 0 Å². The normalized spacial score (nSPS) is 23.5. The fourth-order valence-electron chi connectivity index (χ4n) is 2.82. The molecule has 1 heterocycles. The number of fused-ring (bicyclic) bond motifs is 1. The molecular formula is C14H25N3. The Hall–Kier alpha value is -0.860. The summed E-state index contributed by atoms with van der Waals surface area (Å²) in [4.78, 5) is 0. The van der Waals surface area contributed by atoms with Gasteiger partial charge in [-0.05, 0) is 31.6 Å². The minimum atomic E-state index is 0.888. The van der Waals surface area contributed by atoms with E-state index in [1.165, 1.54) is 62.8 Å². The molecule has 1 atom stereocenters. The van der Waals surface area contributed by atoms with Gasteiger partial charge in [0.2, 0.25) is 0 Å². The smallest absolute Gasteiger partial charge is 0.0856 e. The van der Waals surface area contributed by atoms with Gasteiger partial charge in [-0.3, -0.25) is 0 Å². The monoisotopic (exact) mass is 235 g/mol. The lowest BCUT2D eigenvalue weighted by atomic mass is 9.91. The quantitative estimate of drug-likeness (QED) is 0.807. The highest BCUT2D eigenvalue weighted by molar-refractivity contribution is 5.08. The van der Waals surface area contributed by atoms with E-state index in [1.807, 2.05) is 0 Å². The lowest BCUT2D eigenvalue weighted by Gasteiger charge is -2.15. The Balaban J connectivity index is 1.97. The molecule has 0 saturated heterocycles. The van der Waals surface area contributed by atoms with Crippen LogP contribution in [0.4, 0.5) is 0 Å². The lowest BCUT2D eigenvalue weighted by Crippen LogP contribution is -2.04. The molecular weight excluding hydrogens is 210 g/mol. The molecule has 0 aliphatic heterocycles. The van der Waals surface area contributed by atoms with E-state index in [-0.39, 0.29) is 0 Å². The Morgan fingerprint density at radius 1 is 0.941 bits per heavy atom. The van der Waals surface area contributed by atoms with Gasteiger partial charge in [0.05, 0.1) is 11.4 Å². The lowest BCUT2D eigenvalue weighted by molar-refractivity contribution is 0.408. The van der Waals surface area contributed by atoms with Gasteiger partial charge in [0.15, 0.2) is 0 Å². The van der Waals surface area contributed by atoms with Crippen LogP contribution in [0.25, 0.3) is 0 Å². The average molecular weight is 235 g/mol. The fourth-order valence-corrected chi connectivity index (χ4v) is 2.82. The van der Waals surface area contributed by atoms with Crippen molar-refractivity contribution in [3.63, 3.8) is 0 Å². The van der Waals surface area contributed by atoms with Crippen LogP contribution in [0.2, 0.25) is 0 Å². The molecule has 0 saturated carbocycles. The Morgan fingerprint density at radius 3 is 2.47 bits per heavy atom. The van der Waals surface area contributed by atoms with E-state index in [0.717, 1.165) is 18.8 Å². The van der Waals surface area contributed by atoms with E-state index < -0.39 is 0 Å². The average Bonchev–Trinajstić information content (AvgIpc) is 2.77. The Labute approximate surface area is 104 Å². The molecule has 1 unspecified atom stereocenters. The van der Waals surface area contributed by atoms with Crippen molar-refractivity contribution in [1.29, 1.82) is 0 Å². The fraction of sp³-hybridized carbons (Fsp3) is 0.857. The first-order valence-corrected chi connectivity index (χ1v) is 7.28. The van der Waals surface area contributed by atoms with Crippen LogP contribution in [-0.4, -0.2) is 15.4 Å². The topological polar surface area (TPSA) is 41.6 Å². The second-order valence-corrected chi connectivity index (χ2v) is 5.34. The maximum atomic E-state index is 4.32. The number of nitrogens with zero attached hydrogens (tertiary/aromatic N) is 2. The van der Waals surface area contributed by atoms with Gasteiger partial charge >= 0.3 is 0 Å². The van der Waals surface area contributed by atoms with Gasteiger partial charge in [0, 0.05) is 0 Å². The molecule has 0 fully saturated rings. The molecule has 3 heteroatoms. The molecule has 3 nitrogen and oxygen atoms in total. The summed E-state index contributed by atoms with van der Waals surface area (Å²) < 4.78 is 0. The summed E-state index contributed by atoms with van der Waals surface area (Å²) in [7, 11) is 0. The molecule has 17 heavy (non-hydrogen) atoms. The van der Waals surface area contributed by atoms with Gasteiger partial charge in [-0.1, -0.05) is 45.4 Å². The number of aryl methyl sites for hydroxylation is 2. The highest BCUT2D eigenvalue weighted by Gasteiger charge is 2.12. The molecule has 1 aliphatic carbocycles. The van der Waals surface area contributed by atoms with E-state index >= 15 is 0 Å². The summed E-state index contributed by atoms with van der Waals surface area (Å²) in [5.74, 6) is 0.888. The van der Waals surface area contributed by atoms with Crippen molar-refractivity contribution < 1.29 is 0 Å². The number of aromatic amines is 1. The van der Waals surface area contributed by atoms with E-state index in [9.17, 15) is 0 Å². The third-order valence-corrected chi connectivity index (χ3v) is 4.10. The summed E-state index contributed by atoms with van der Waals surface area (Å²) in [5, 5.41) is 11.4. The molecule has 0 spiro atoms. The van der Waals surface area contributed by atoms with Gasteiger partial charge < -0.3 is 0 Å². The zero-order valence-electron chi connectivity index (χ0n) is 11.0. The van der Waals surface area contributed by atoms with Crippen LogP contribution in [0.1, 0.15) is 69.7 Å². The van der Waals surface area contributed by atoms with Crippen LogP contribution in [0, 0.1) is 5.92 Å². The van der Waals surface area contributed by atoms with E-state index in [0.29, 0.717) is 0 Å². The number of nitrogens with one attached hydrogen (secondary N) is 1. The maximum absolute atomic E-state index is 4.32. The zero-order valence-corrected chi connectivity index (χ0v) is 11.0. The highest BCUT2D eigenvalue weighted by atomic mass is 15.3. The van der Waals surface area contributed by atoms with Crippen molar-refractivity contribution in [2.24, 2.45) is 5.92 Å². The summed E-state index contributed by atoms with van der Waals surface area (Å²) in [6.07, 6.45) is 13.1. The Kier molecular flexibility index (Phi) is 5.02. The first-order chi connectivity index (χ1) is 8.40. The zero-order chi connectivity index (χ0) is 11.9. The Bertz CT molecular complexity index is 319. The minimum absolute atomic E-state index is 0.888. The van der Waals surface area contributed by atoms with Gasteiger partial charge in [0.25, 0.3) is 0 Å². The van der Waals surface area contributed by atoms with Crippen LogP contribution in [-0.2, 0) is 12.8 Å². The maximum Gasteiger partial charge on any atom is 0.0856 e. The molecule has 0 bridgehead atoms. The first-order valence-electron chi connectivity index (χ1n) is 7.28. The van der Waals surface area contributed by atoms with Gasteiger partial charge in [-0.25, -0.2) is 0 Å². The second kappa shape index (κ2) is 6.77. The number of rotatable bonds is 1. The predicted octanol–water partition coefficient (Wildman–Crippen LogP) is 3.66. The standard InChI is InChI=1S/C14H25N3/c1-2-12-8-6-4-3-5-7-9-13-14(11-10-12)16-17-15-13/h12H,2-11H2,1H3,(H,15,16,17). The van der Waals surface area contributed by atoms with Crippen molar-refractivity contribution in [3.05, 3.63) is 11.4 Å². The van der Waals surface area contributed by atoms with Crippen molar-refractivity contribution >= 4 is 0 Å². The molecule has 0 aromatic carbocycles. The van der Waals surface area contributed by atoms with Gasteiger partial charge in [0.1, 0.15) is 0 Å². The van der Waals surface area contributed by atoms with Gasteiger partial charge in [-0.15, -0.1) is 0 Å². The molecule has 1 aliphatic rings. The summed E-state index contributed by atoms with van der Waals surface area (Å²) in [6, 6.07) is 0. The summed E-state index contributed by atoms with van der Waals surface area (Å²) in [5.41, 5.74) is 2.45. The third kappa shape index (κ3) is 3.83. The molecule has 1 aromatic rings. The first kappa shape index (κ1) is 12.6. The van der Waals surface area contributed by atoms with Crippen LogP contribution >= 0.6 is 0 Å². The summed E-state index contributed by atoms with van der Waals surface area (Å²) in [6.45, 7) is 2.32. The predicted molar refractivity (Wildman–Crippen MR) is 69.9 cm³/mol. The number of aromatic nitrogens is 3.